The maximum absolute atomic E-state index is 11.7. The summed E-state index contributed by atoms with van der Waals surface area (Å²) in [4.78, 5) is 13.7. The first kappa shape index (κ1) is 9.00. The van der Waals surface area contributed by atoms with Crippen LogP contribution in [-0.4, -0.2) is 29.6 Å². The van der Waals surface area contributed by atoms with E-state index < -0.39 is 0 Å². The van der Waals surface area contributed by atoms with Crippen molar-refractivity contribution in [1.29, 1.82) is 0 Å². The number of nitrogens with one attached hydrogen (secondary N) is 1. The van der Waals surface area contributed by atoms with Crippen LogP contribution >= 0.6 is 0 Å². The summed E-state index contributed by atoms with van der Waals surface area (Å²) in [5.74, 6) is 0.298. The van der Waals surface area contributed by atoms with Gasteiger partial charge in [-0.3, -0.25) is 10.1 Å². The summed E-state index contributed by atoms with van der Waals surface area (Å²) < 4.78 is 0. The Morgan fingerprint density at radius 1 is 1.31 bits per heavy atom. The fourth-order valence-electron chi connectivity index (χ4n) is 2.35. The van der Waals surface area contributed by atoms with Crippen molar-refractivity contribution >= 4 is 5.91 Å². The van der Waals surface area contributed by atoms with Crippen LogP contribution in [0.5, 0.6) is 0 Å². The van der Waals surface area contributed by atoms with E-state index in [1.165, 1.54) is 32.1 Å². The highest BCUT2D eigenvalue weighted by Gasteiger charge is 2.32. The molecule has 2 fully saturated rings. The highest BCUT2D eigenvalue weighted by atomic mass is 16.2. The minimum atomic E-state index is 0.0435. The van der Waals surface area contributed by atoms with Crippen LogP contribution in [0.15, 0.2) is 0 Å². The molecule has 1 heterocycles. The van der Waals surface area contributed by atoms with Crippen LogP contribution in [0, 0.1) is 0 Å². The lowest BCUT2D eigenvalue weighted by atomic mass is 9.94. The summed E-state index contributed by atoms with van der Waals surface area (Å²) in [7, 11) is 0. The molecular formula is C10H18N2O. The molecule has 1 aliphatic carbocycles. The minimum absolute atomic E-state index is 0.0435. The Labute approximate surface area is 79.5 Å². The topological polar surface area (TPSA) is 32.3 Å². The van der Waals surface area contributed by atoms with Gasteiger partial charge in [-0.1, -0.05) is 19.3 Å². The third-order valence-corrected chi connectivity index (χ3v) is 3.24. The molecule has 1 aliphatic heterocycles. The molecule has 0 aromatic heterocycles. The molecule has 0 aromatic rings. The Hall–Kier alpha value is -0.570. The standard InChI is InChI=1S/C10H18N2O/c1-8-10(13)12(7-11-8)9-5-3-2-4-6-9/h8-9,11H,2-7H2,1H3. The third-order valence-electron chi connectivity index (χ3n) is 3.24. The smallest absolute Gasteiger partial charge is 0.240 e. The fraction of sp³-hybridized carbons (Fsp3) is 0.900. The van der Waals surface area contributed by atoms with Crippen LogP contribution in [0.25, 0.3) is 0 Å². The van der Waals surface area contributed by atoms with Gasteiger partial charge < -0.3 is 4.90 Å². The summed E-state index contributed by atoms with van der Waals surface area (Å²) in [6.45, 7) is 2.72. The molecule has 1 atom stereocenters. The molecular weight excluding hydrogens is 164 g/mol. The van der Waals surface area contributed by atoms with Crippen molar-refractivity contribution in [3.8, 4) is 0 Å². The zero-order valence-electron chi connectivity index (χ0n) is 8.25. The summed E-state index contributed by atoms with van der Waals surface area (Å²) >= 11 is 0. The highest BCUT2D eigenvalue weighted by molar-refractivity contribution is 5.83. The maximum Gasteiger partial charge on any atom is 0.240 e. The number of carbonyl (C=O) groups is 1. The van der Waals surface area contributed by atoms with Crippen LogP contribution in [0.1, 0.15) is 39.0 Å². The van der Waals surface area contributed by atoms with Gasteiger partial charge in [0, 0.05) is 6.04 Å². The van der Waals surface area contributed by atoms with E-state index in [0.29, 0.717) is 11.9 Å². The van der Waals surface area contributed by atoms with E-state index >= 15 is 0 Å². The van der Waals surface area contributed by atoms with Crippen molar-refractivity contribution in [2.24, 2.45) is 0 Å². The first-order valence-corrected chi connectivity index (χ1v) is 5.33. The van der Waals surface area contributed by atoms with Gasteiger partial charge in [0.15, 0.2) is 0 Å². The summed E-state index contributed by atoms with van der Waals surface area (Å²) in [6.07, 6.45) is 6.35. The van der Waals surface area contributed by atoms with Crippen molar-refractivity contribution in [1.82, 2.24) is 10.2 Å². The molecule has 0 aromatic carbocycles. The van der Waals surface area contributed by atoms with Gasteiger partial charge in [0.25, 0.3) is 0 Å². The molecule has 1 saturated heterocycles. The van der Waals surface area contributed by atoms with E-state index in [9.17, 15) is 4.79 Å². The molecule has 13 heavy (non-hydrogen) atoms. The number of hydrogen-bond donors (Lipinski definition) is 1. The second-order valence-electron chi connectivity index (χ2n) is 4.18. The van der Waals surface area contributed by atoms with E-state index in [1.54, 1.807) is 0 Å². The van der Waals surface area contributed by atoms with Crippen molar-refractivity contribution in [2.75, 3.05) is 6.67 Å². The van der Waals surface area contributed by atoms with Crippen molar-refractivity contribution in [3.05, 3.63) is 0 Å². The number of amides is 1. The van der Waals surface area contributed by atoms with Gasteiger partial charge in [-0.05, 0) is 19.8 Å². The summed E-state index contributed by atoms with van der Waals surface area (Å²) in [5.41, 5.74) is 0. The number of nitrogens with zero attached hydrogens (tertiary/aromatic N) is 1. The van der Waals surface area contributed by atoms with Gasteiger partial charge in [-0.25, -0.2) is 0 Å². The van der Waals surface area contributed by atoms with Gasteiger partial charge in [0.1, 0.15) is 0 Å². The first-order valence-electron chi connectivity index (χ1n) is 5.33. The molecule has 3 heteroatoms. The van der Waals surface area contributed by atoms with Crippen LogP contribution < -0.4 is 5.32 Å². The molecule has 1 N–H and O–H groups in total. The normalized spacial score (nSPS) is 31.3. The molecule has 2 rings (SSSR count). The fourth-order valence-corrected chi connectivity index (χ4v) is 2.35. The maximum atomic E-state index is 11.7. The number of hydrogen-bond acceptors (Lipinski definition) is 2. The predicted octanol–water partition coefficient (Wildman–Crippen LogP) is 1.10. The highest BCUT2D eigenvalue weighted by Crippen LogP contribution is 2.24. The summed E-state index contributed by atoms with van der Waals surface area (Å²) in [5, 5.41) is 3.19. The molecule has 0 spiro atoms. The minimum Gasteiger partial charge on any atom is -0.326 e. The molecule has 1 saturated carbocycles. The lowest BCUT2D eigenvalue weighted by Gasteiger charge is -2.30. The van der Waals surface area contributed by atoms with Gasteiger partial charge in [-0.15, -0.1) is 0 Å². The Kier molecular flexibility index (Phi) is 2.54. The Bertz CT molecular complexity index is 199. The van der Waals surface area contributed by atoms with E-state index in [0.717, 1.165) is 6.67 Å². The quantitative estimate of drug-likeness (QED) is 0.658. The molecule has 1 amide bonds. The average molecular weight is 182 g/mol. The number of rotatable bonds is 1. The van der Waals surface area contributed by atoms with E-state index in [-0.39, 0.29) is 6.04 Å². The lowest BCUT2D eigenvalue weighted by molar-refractivity contribution is -0.131. The lowest BCUT2D eigenvalue weighted by Crippen LogP contribution is -2.39. The van der Waals surface area contributed by atoms with Crippen molar-refractivity contribution in [3.63, 3.8) is 0 Å². The Morgan fingerprint density at radius 3 is 2.54 bits per heavy atom. The monoisotopic (exact) mass is 182 g/mol. The van der Waals surface area contributed by atoms with Crippen molar-refractivity contribution < 1.29 is 4.79 Å². The largest absolute Gasteiger partial charge is 0.326 e. The zero-order chi connectivity index (χ0) is 9.26. The predicted molar refractivity (Wildman–Crippen MR) is 51.2 cm³/mol. The van der Waals surface area contributed by atoms with Gasteiger partial charge in [-0.2, -0.15) is 0 Å². The van der Waals surface area contributed by atoms with E-state index in [4.69, 9.17) is 0 Å². The molecule has 0 bridgehead atoms. The second kappa shape index (κ2) is 3.66. The van der Waals surface area contributed by atoms with Gasteiger partial charge in [0.2, 0.25) is 5.91 Å². The van der Waals surface area contributed by atoms with Crippen molar-refractivity contribution in [2.45, 2.75) is 51.1 Å². The molecule has 0 radical (unpaired) electrons. The Balaban J connectivity index is 1.96. The summed E-state index contributed by atoms with van der Waals surface area (Å²) in [6, 6.07) is 0.570. The Morgan fingerprint density at radius 2 is 2.00 bits per heavy atom. The molecule has 3 nitrogen and oxygen atoms in total. The van der Waals surface area contributed by atoms with E-state index in [1.807, 2.05) is 11.8 Å². The SMILES string of the molecule is CC1NCN(C2CCCCC2)C1=O. The van der Waals surface area contributed by atoms with Crippen LogP contribution in [0.2, 0.25) is 0 Å². The third kappa shape index (κ3) is 1.70. The van der Waals surface area contributed by atoms with Crippen LogP contribution in [-0.2, 0) is 4.79 Å². The van der Waals surface area contributed by atoms with Gasteiger partial charge in [0.05, 0.1) is 12.7 Å². The van der Waals surface area contributed by atoms with E-state index in [2.05, 4.69) is 5.32 Å². The van der Waals surface area contributed by atoms with Crippen LogP contribution in [0.3, 0.4) is 0 Å². The molecule has 1 unspecified atom stereocenters. The molecule has 2 aliphatic rings. The first-order chi connectivity index (χ1) is 6.29. The zero-order valence-corrected chi connectivity index (χ0v) is 8.25. The molecule has 74 valence electrons. The van der Waals surface area contributed by atoms with Gasteiger partial charge >= 0.3 is 0 Å². The van der Waals surface area contributed by atoms with Crippen LogP contribution in [0.4, 0.5) is 0 Å². The second-order valence-corrected chi connectivity index (χ2v) is 4.18. The average Bonchev–Trinajstić information content (AvgIpc) is 2.49. The number of carbonyl (C=O) groups excluding carboxylic acids is 1.